The highest BCUT2D eigenvalue weighted by atomic mass is 35.5. The molecule has 7 heteroatoms. The quantitative estimate of drug-likeness (QED) is 0.551. The highest BCUT2D eigenvalue weighted by Crippen LogP contribution is 2.35. The largest absolute Gasteiger partial charge is 0.468 e. The molecule has 1 aromatic rings. The number of halogens is 2. The highest BCUT2D eigenvalue weighted by Gasteiger charge is 2.38. The Bertz CT molecular complexity index is 646. The van der Waals surface area contributed by atoms with Gasteiger partial charge < -0.3 is 9.64 Å². The number of nitrogens with zero attached hydrogens (tertiary/aromatic N) is 2. The van der Waals surface area contributed by atoms with Gasteiger partial charge in [0.2, 0.25) is 0 Å². The Morgan fingerprint density at radius 3 is 2.88 bits per heavy atom. The first-order chi connectivity index (χ1) is 11.9. The molecule has 2 fully saturated rings. The zero-order valence-corrected chi connectivity index (χ0v) is 17.0. The summed E-state index contributed by atoms with van der Waals surface area (Å²) in [7, 11) is 1.44. The number of fused-ring (bicyclic) bond motifs is 1. The van der Waals surface area contributed by atoms with Crippen LogP contribution in [0.4, 0.5) is 0 Å². The summed E-state index contributed by atoms with van der Waals surface area (Å²) in [5.74, 6) is 0.989. The van der Waals surface area contributed by atoms with E-state index in [0.29, 0.717) is 22.5 Å². The second kappa shape index (κ2) is 8.05. The number of rotatable bonds is 5. The predicted octanol–water partition coefficient (Wildman–Crippen LogP) is 3.85. The summed E-state index contributed by atoms with van der Waals surface area (Å²) in [6.07, 6.45) is 1.94. The van der Waals surface area contributed by atoms with Gasteiger partial charge in [-0.2, -0.15) is 0 Å². The Kier molecular flexibility index (Phi) is 6.22. The molecule has 0 aliphatic carbocycles. The maximum Gasteiger partial charge on any atom is 0.316 e. The fourth-order valence-electron chi connectivity index (χ4n) is 3.63. The molecule has 0 aromatic heterocycles. The molecule has 0 amide bonds. The standard InChI is InChI=1S/C18H24Cl2N2O2S/c1-18(17(23)24-2,13-3-4-15(19)16(20)11-13)6-7-21-8-9-22-14(12-21)5-10-25-22/h3-4,11,14H,5-10,12H2,1-2H3. The van der Waals surface area contributed by atoms with E-state index in [1.54, 1.807) is 12.1 Å². The molecule has 0 N–H and O–H groups in total. The van der Waals surface area contributed by atoms with Crippen LogP contribution >= 0.6 is 35.1 Å². The van der Waals surface area contributed by atoms with Crippen molar-refractivity contribution in [3.8, 4) is 0 Å². The van der Waals surface area contributed by atoms with E-state index in [1.165, 1.54) is 19.3 Å². The second-order valence-electron chi connectivity index (χ2n) is 6.92. The number of benzene rings is 1. The fourth-order valence-corrected chi connectivity index (χ4v) is 5.13. The van der Waals surface area contributed by atoms with E-state index in [4.69, 9.17) is 27.9 Å². The molecule has 2 atom stereocenters. The van der Waals surface area contributed by atoms with Gasteiger partial charge in [0.15, 0.2) is 0 Å². The lowest BCUT2D eigenvalue weighted by Gasteiger charge is -2.38. The van der Waals surface area contributed by atoms with Gasteiger partial charge in [0.1, 0.15) is 0 Å². The Morgan fingerprint density at radius 2 is 2.16 bits per heavy atom. The zero-order chi connectivity index (χ0) is 18.0. The first-order valence-electron chi connectivity index (χ1n) is 8.60. The summed E-state index contributed by atoms with van der Waals surface area (Å²) < 4.78 is 7.61. The smallest absolute Gasteiger partial charge is 0.316 e. The van der Waals surface area contributed by atoms with Crippen LogP contribution in [-0.2, 0) is 14.9 Å². The zero-order valence-electron chi connectivity index (χ0n) is 14.6. The molecule has 3 rings (SSSR count). The molecule has 25 heavy (non-hydrogen) atoms. The van der Waals surface area contributed by atoms with Gasteiger partial charge in [0.25, 0.3) is 0 Å². The molecule has 4 nitrogen and oxygen atoms in total. The number of hydrogen-bond acceptors (Lipinski definition) is 5. The highest BCUT2D eigenvalue weighted by molar-refractivity contribution is 7.97. The minimum Gasteiger partial charge on any atom is -0.468 e. The van der Waals surface area contributed by atoms with Crippen molar-refractivity contribution in [2.24, 2.45) is 0 Å². The van der Waals surface area contributed by atoms with Crippen molar-refractivity contribution < 1.29 is 9.53 Å². The topological polar surface area (TPSA) is 32.8 Å². The minimum absolute atomic E-state index is 0.235. The predicted molar refractivity (Wildman–Crippen MR) is 104 cm³/mol. The van der Waals surface area contributed by atoms with Gasteiger partial charge in [-0.15, -0.1) is 0 Å². The van der Waals surface area contributed by atoms with Crippen molar-refractivity contribution in [1.82, 2.24) is 9.21 Å². The van der Waals surface area contributed by atoms with E-state index >= 15 is 0 Å². The number of carbonyl (C=O) groups excluding carboxylic acids is 1. The molecule has 138 valence electrons. The van der Waals surface area contributed by atoms with E-state index < -0.39 is 5.41 Å². The second-order valence-corrected chi connectivity index (χ2v) is 8.87. The van der Waals surface area contributed by atoms with Gasteiger partial charge in [-0.25, -0.2) is 4.31 Å². The third-order valence-electron chi connectivity index (χ3n) is 5.34. The van der Waals surface area contributed by atoms with Crippen LogP contribution in [0.3, 0.4) is 0 Å². The maximum absolute atomic E-state index is 12.6. The van der Waals surface area contributed by atoms with Gasteiger partial charge in [0.05, 0.1) is 22.6 Å². The van der Waals surface area contributed by atoms with Crippen LogP contribution in [0.2, 0.25) is 10.0 Å². The van der Waals surface area contributed by atoms with Crippen LogP contribution in [0, 0.1) is 0 Å². The van der Waals surface area contributed by atoms with Crippen LogP contribution in [0.25, 0.3) is 0 Å². The summed E-state index contributed by atoms with van der Waals surface area (Å²) in [5, 5.41) is 0.957. The molecule has 2 heterocycles. The van der Waals surface area contributed by atoms with E-state index in [-0.39, 0.29) is 5.97 Å². The minimum atomic E-state index is -0.732. The number of methoxy groups -OCH3 is 1. The molecule has 2 unspecified atom stereocenters. The lowest BCUT2D eigenvalue weighted by Crippen LogP contribution is -2.49. The normalized spacial score (nSPS) is 23.9. The monoisotopic (exact) mass is 402 g/mol. The molecule has 0 bridgehead atoms. The third kappa shape index (κ3) is 4.11. The lowest BCUT2D eigenvalue weighted by atomic mass is 9.79. The average Bonchev–Trinajstić information content (AvgIpc) is 3.09. The van der Waals surface area contributed by atoms with Crippen LogP contribution in [0.1, 0.15) is 25.3 Å². The first-order valence-corrected chi connectivity index (χ1v) is 10.3. The average molecular weight is 403 g/mol. The summed E-state index contributed by atoms with van der Waals surface area (Å²) in [4.78, 5) is 15.0. The lowest BCUT2D eigenvalue weighted by molar-refractivity contribution is -0.147. The third-order valence-corrected chi connectivity index (χ3v) is 7.31. The van der Waals surface area contributed by atoms with Gasteiger partial charge >= 0.3 is 5.97 Å². The number of carbonyl (C=O) groups is 1. The summed E-state index contributed by atoms with van der Waals surface area (Å²) in [6.45, 7) is 6.01. The molecule has 2 aliphatic heterocycles. The van der Waals surface area contributed by atoms with Crippen molar-refractivity contribution in [3.63, 3.8) is 0 Å². The van der Waals surface area contributed by atoms with Crippen LogP contribution in [-0.4, -0.2) is 60.3 Å². The van der Waals surface area contributed by atoms with Crippen molar-refractivity contribution in [2.45, 2.75) is 31.2 Å². The molecule has 2 aliphatic rings. The maximum atomic E-state index is 12.6. The molecule has 0 radical (unpaired) electrons. The van der Waals surface area contributed by atoms with E-state index in [2.05, 4.69) is 9.21 Å². The number of esters is 1. The Morgan fingerprint density at radius 1 is 1.36 bits per heavy atom. The van der Waals surface area contributed by atoms with Crippen LogP contribution in [0.5, 0.6) is 0 Å². The van der Waals surface area contributed by atoms with Crippen molar-refractivity contribution in [1.29, 1.82) is 0 Å². The molecule has 2 saturated heterocycles. The molecular weight excluding hydrogens is 379 g/mol. The molecule has 0 spiro atoms. The van der Waals surface area contributed by atoms with Crippen LogP contribution < -0.4 is 0 Å². The van der Waals surface area contributed by atoms with Crippen molar-refractivity contribution >= 4 is 41.1 Å². The van der Waals surface area contributed by atoms with Crippen LogP contribution in [0.15, 0.2) is 18.2 Å². The van der Waals surface area contributed by atoms with Gasteiger partial charge in [-0.05, 0) is 44.0 Å². The summed E-state index contributed by atoms with van der Waals surface area (Å²) >= 11 is 14.2. The summed E-state index contributed by atoms with van der Waals surface area (Å²) in [5.41, 5.74) is 0.119. The number of hydrogen-bond donors (Lipinski definition) is 0. The Hall–Kier alpha value is -0.460. The number of ether oxygens (including phenoxy) is 1. The summed E-state index contributed by atoms with van der Waals surface area (Å²) in [6, 6.07) is 6.05. The van der Waals surface area contributed by atoms with E-state index in [1.807, 2.05) is 24.9 Å². The van der Waals surface area contributed by atoms with Crippen molar-refractivity contribution in [3.05, 3.63) is 33.8 Å². The molecular formula is C18H24Cl2N2O2S. The SMILES string of the molecule is COC(=O)C(C)(CCN1CCN2SCCC2C1)c1ccc(Cl)c(Cl)c1. The Labute approximate surface area is 163 Å². The number of piperazine rings is 1. The molecule has 1 aromatic carbocycles. The molecule has 0 saturated carbocycles. The van der Waals surface area contributed by atoms with Crippen molar-refractivity contribution in [2.75, 3.05) is 39.0 Å². The van der Waals surface area contributed by atoms with E-state index in [9.17, 15) is 4.79 Å². The van der Waals surface area contributed by atoms with Gasteiger partial charge in [0, 0.05) is 31.4 Å². The van der Waals surface area contributed by atoms with Gasteiger partial charge in [-0.1, -0.05) is 41.2 Å². The van der Waals surface area contributed by atoms with E-state index in [0.717, 1.165) is 31.7 Å². The Balaban J connectivity index is 1.72. The fraction of sp³-hybridized carbons (Fsp3) is 0.611. The first kappa shape index (κ1) is 19.3. The van der Waals surface area contributed by atoms with Gasteiger partial charge in [-0.3, -0.25) is 4.79 Å².